The smallest absolute Gasteiger partial charge is 0.247 e. The number of methoxy groups -OCH3 is 1. The molecule has 5 rings (SSSR count). The van der Waals surface area contributed by atoms with Crippen molar-refractivity contribution in [1.82, 2.24) is 30.4 Å². The number of carbonyl (C=O) groups is 3. The monoisotopic (exact) mass is 658 g/mol. The highest BCUT2D eigenvalue weighted by Crippen LogP contribution is 2.35. The van der Waals surface area contributed by atoms with Gasteiger partial charge in [-0.3, -0.25) is 14.4 Å². The fraction of sp³-hybridized carbons (Fsp3) is 0.528. The van der Waals surface area contributed by atoms with Gasteiger partial charge in [0.05, 0.1) is 24.4 Å². The van der Waals surface area contributed by atoms with Crippen molar-refractivity contribution >= 4 is 45.8 Å². The third-order valence-electron chi connectivity index (χ3n) is 9.55. The summed E-state index contributed by atoms with van der Waals surface area (Å²) in [7, 11) is 5.41. The molecule has 3 unspecified atom stereocenters. The van der Waals surface area contributed by atoms with Crippen molar-refractivity contribution in [3.05, 3.63) is 48.3 Å². The molecule has 2 saturated heterocycles. The Kier molecular flexibility index (Phi) is 10.8. The van der Waals surface area contributed by atoms with E-state index in [0.29, 0.717) is 53.5 Å². The summed E-state index contributed by atoms with van der Waals surface area (Å²) in [5.41, 5.74) is 2.77. The minimum Gasteiger partial charge on any atom is -0.494 e. The fourth-order valence-corrected chi connectivity index (χ4v) is 6.60. The van der Waals surface area contributed by atoms with Crippen LogP contribution in [0.5, 0.6) is 5.75 Å². The second-order valence-electron chi connectivity index (χ2n) is 14.1. The SMILES string of the molecule is CNC(C)C(=O)NC(C(=O)N1CCC[C@H]1C(=O)Nc1cc2c(Nc3ccc(C4CCCN(C)C4)cc3)ncnc2cc1OC)C(C)(C)C. The fourth-order valence-electron chi connectivity index (χ4n) is 6.60. The molecule has 0 spiro atoms. The van der Waals surface area contributed by atoms with Gasteiger partial charge in [-0.05, 0) is 88.3 Å². The molecule has 4 N–H and O–H groups in total. The number of hydrogen-bond acceptors (Lipinski definition) is 9. The van der Waals surface area contributed by atoms with Gasteiger partial charge < -0.3 is 35.8 Å². The Bertz CT molecular complexity index is 1620. The summed E-state index contributed by atoms with van der Waals surface area (Å²) in [5, 5.41) is 13.0. The van der Waals surface area contributed by atoms with Gasteiger partial charge in [-0.2, -0.15) is 0 Å². The minimum absolute atomic E-state index is 0.272. The zero-order valence-electron chi connectivity index (χ0n) is 29.2. The van der Waals surface area contributed by atoms with Crippen LogP contribution in [0.1, 0.15) is 64.9 Å². The molecule has 0 bridgehead atoms. The first-order valence-electron chi connectivity index (χ1n) is 16.9. The number of likely N-dealkylation sites (tertiary alicyclic amines) is 2. The molecule has 12 nitrogen and oxygen atoms in total. The molecular formula is C36H50N8O4. The van der Waals surface area contributed by atoms with E-state index in [4.69, 9.17) is 4.74 Å². The van der Waals surface area contributed by atoms with E-state index in [1.807, 2.05) is 20.8 Å². The summed E-state index contributed by atoms with van der Waals surface area (Å²) in [4.78, 5) is 53.5. The molecule has 12 heteroatoms. The molecular weight excluding hydrogens is 608 g/mol. The van der Waals surface area contributed by atoms with Crippen molar-refractivity contribution in [2.75, 3.05) is 51.5 Å². The maximum atomic E-state index is 13.9. The van der Waals surface area contributed by atoms with E-state index in [1.54, 1.807) is 31.0 Å². The van der Waals surface area contributed by atoms with E-state index in [-0.39, 0.29) is 17.7 Å². The van der Waals surface area contributed by atoms with Crippen molar-refractivity contribution in [2.45, 2.75) is 77.4 Å². The van der Waals surface area contributed by atoms with Crippen LogP contribution >= 0.6 is 0 Å². The number of carbonyl (C=O) groups excluding carboxylic acids is 3. The lowest BCUT2D eigenvalue weighted by molar-refractivity contribution is -0.143. The molecule has 2 aromatic carbocycles. The molecule has 258 valence electrons. The van der Waals surface area contributed by atoms with Gasteiger partial charge in [0.15, 0.2) is 0 Å². The summed E-state index contributed by atoms with van der Waals surface area (Å²) in [5.74, 6) is 0.703. The Morgan fingerprint density at radius 2 is 1.75 bits per heavy atom. The Morgan fingerprint density at radius 1 is 1.02 bits per heavy atom. The maximum absolute atomic E-state index is 13.9. The summed E-state index contributed by atoms with van der Waals surface area (Å²) in [6, 6.07) is 10.1. The molecule has 3 heterocycles. The van der Waals surface area contributed by atoms with Gasteiger partial charge in [-0.15, -0.1) is 0 Å². The van der Waals surface area contributed by atoms with E-state index < -0.39 is 23.5 Å². The van der Waals surface area contributed by atoms with Gasteiger partial charge >= 0.3 is 0 Å². The topological polar surface area (TPSA) is 141 Å². The third-order valence-corrected chi connectivity index (χ3v) is 9.55. The molecule has 3 amide bonds. The summed E-state index contributed by atoms with van der Waals surface area (Å²) < 4.78 is 5.65. The van der Waals surface area contributed by atoms with E-state index in [2.05, 4.69) is 67.4 Å². The third kappa shape index (κ3) is 7.87. The molecule has 48 heavy (non-hydrogen) atoms. The molecule has 0 aliphatic carbocycles. The van der Waals surface area contributed by atoms with Crippen molar-refractivity contribution in [2.24, 2.45) is 5.41 Å². The number of aromatic nitrogens is 2. The van der Waals surface area contributed by atoms with E-state index >= 15 is 0 Å². The molecule has 3 aromatic rings. The lowest BCUT2D eigenvalue weighted by Gasteiger charge is -2.36. The zero-order valence-corrected chi connectivity index (χ0v) is 29.2. The van der Waals surface area contributed by atoms with Gasteiger partial charge in [0.1, 0.15) is 30.0 Å². The van der Waals surface area contributed by atoms with Gasteiger partial charge in [0, 0.05) is 30.2 Å². The average molecular weight is 659 g/mol. The lowest BCUT2D eigenvalue weighted by atomic mass is 9.85. The Hall–Kier alpha value is -4.29. The van der Waals surface area contributed by atoms with Crippen LogP contribution in [0.3, 0.4) is 0 Å². The highest BCUT2D eigenvalue weighted by molar-refractivity contribution is 6.03. The van der Waals surface area contributed by atoms with Crippen LogP contribution in [0.2, 0.25) is 0 Å². The molecule has 2 fully saturated rings. The Labute approximate surface area is 283 Å². The van der Waals surface area contributed by atoms with Crippen LogP contribution in [0.4, 0.5) is 17.2 Å². The largest absolute Gasteiger partial charge is 0.494 e. The standard InChI is InChI=1S/C36H50N8O4/c1-22(37-5)33(45)42-31(36(2,3)4)35(47)44-17-9-11-29(44)34(46)41-28-18-26-27(19-30(28)48-7)38-21-39-32(26)40-25-14-12-23(13-15-25)24-10-8-16-43(6)20-24/h12-15,18-19,21-22,24,29,31,37H,8-11,16-17,20H2,1-7H3,(H,41,46)(H,42,45)(H,38,39,40)/t22?,24?,29-,31?/m0/s1. The number of amides is 3. The van der Waals surface area contributed by atoms with Crippen molar-refractivity contribution in [1.29, 1.82) is 0 Å². The van der Waals surface area contributed by atoms with Gasteiger partial charge in [0.25, 0.3) is 0 Å². The summed E-state index contributed by atoms with van der Waals surface area (Å²) in [6.07, 6.45) is 5.08. The van der Waals surface area contributed by atoms with Crippen LogP contribution < -0.4 is 26.0 Å². The van der Waals surface area contributed by atoms with Crippen LogP contribution in [0.25, 0.3) is 10.9 Å². The number of hydrogen-bond donors (Lipinski definition) is 4. The Balaban J connectivity index is 1.35. The Morgan fingerprint density at radius 3 is 2.42 bits per heavy atom. The number of fused-ring (bicyclic) bond motifs is 1. The number of benzene rings is 2. The highest BCUT2D eigenvalue weighted by atomic mass is 16.5. The zero-order chi connectivity index (χ0) is 34.6. The van der Waals surface area contributed by atoms with Crippen LogP contribution in [-0.2, 0) is 14.4 Å². The predicted molar refractivity (Wildman–Crippen MR) is 189 cm³/mol. The maximum Gasteiger partial charge on any atom is 0.247 e. The van der Waals surface area contributed by atoms with E-state index in [9.17, 15) is 14.4 Å². The average Bonchev–Trinajstić information content (AvgIpc) is 3.57. The first-order valence-corrected chi connectivity index (χ1v) is 16.9. The first kappa shape index (κ1) is 35.0. The van der Waals surface area contributed by atoms with Crippen molar-refractivity contribution in [3.8, 4) is 5.75 Å². The lowest BCUT2D eigenvalue weighted by Crippen LogP contribution is -2.59. The molecule has 4 atom stereocenters. The van der Waals surface area contributed by atoms with Gasteiger partial charge in [-0.1, -0.05) is 32.9 Å². The van der Waals surface area contributed by atoms with Gasteiger partial charge in [0.2, 0.25) is 17.7 Å². The normalized spacial score (nSPS) is 19.9. The number of anilines is 3. The number of piperidine rings is 1. The van der Waals surface area contributed by atoms with E-state index in [1.165, 1.54) is 31.8 Å². The summed E-state index contributed by atoms with van der Waals surface area (Å²) in [6.45, 7) is 10.1. The quantitative estimate of drug-likeness (QED) is 0.252. The second-order valence-corrected chi connectivity index (χ2v) is 14.1. The highest BCUT2D eigenvalue weighted by Gasteiger charge is 2.42. The number of nitrogens with one attached hydrogen (secondary N) is 4. The number of likely N-dealkylation sites (N-methyl/N-ethyl adjacent to an activating group) is 2. The van der Waals surface area contributed by atoms with Crippen LogP contribution in [-0.4, -0.2) is 96.5 Å². The molecule has 0 radical (unpaired) electrons. The second kappa shape index (κ2) is 14.9. The van der Waals surface area contributed by atoms with Crippen LogP contribution in [0, 0.1) is 5.41 Å². The molecule has 1 aromatic heterocycles. The molecule has 2 aliphatic rings. The van der Waals surface area contributed by atoms with Gasteiger partial charge in [-0.25, -0.2) is 9.97 Å². The van der Waals surface area contributed by atoms with Crippen LogP contribution in [0.15, 0.2) is 42.7 Å². The van der Waals surface area contributed by atoms with Crippen molar-refractivity contribution in [3.63, 3.8) is 0 Å². The molecule has 0 saturated carbocycles. The summed E-state index contributed by atoms with van der Waals surface area (Å²) >= 11 is 0. The minimum atomic E-state index is -0.798. The van der Waals surface area contributed by atoms with E-state index in [0.717, 1.165) is 18.8 Å². The number of ether oxygens (including phenoxy) is 1. The number of nitrogens with zero attached hydrogens (tertiary/aromatic N) is 4. The number of rotatable bonds is 10. The first-order chi connectivity index (χ1) is 22.9. The predicted octanol–water partition coefficient (Wildman–Crippen LogP) is 4.26. The van der Waals surface area contributed by atoms with Crippen molar-refractivity contribution < 1.29 is 19.1 Å². The molecule has 2 aliphatic heterocycles.